The number of aliphatic hydroxyl groups excluding tert-OH is 7. The number of phenols is 1. The largest absolute Gasteiger partial charge is 0.507 e. The van der Waals surface area contributed by atoms with Crippen LogP contribution in [-0.4, -0.2) is 127 Å². The van der Waals surface area contributed by atoms with Crippen molar-refractivity contribution in [1.29, 1.82) is 0 Å². The van der Waals surface area contributed by atoms with Crippen LogP contribution in [0.15, 0.2) is 24.3 Å². The average molecular weight is 666 g/mol. The highest BCUT2D eigenvalue weighted by Crippen LogP contribution is 2.43. The maximum absolute atomic E-state index is 13.4. The second-order valence-electron chi connectivity index (χ2n) is 12.5. The predicted molar refractivity (Wildman–Crippen MR) is 162 cm³/mol. The molecule has 0 bridgehead atoms. The molecule has 2 aromatic carbocycles. The molecule has 3 aliphatic rings. The van der Waals surface area contributed by atoms with Crippen LogP contribution >= 0.6 is 0 Å². The van der Waals surface area contributed by atoms with E-state index in [2.05, 4.69) is 5.32 Å². The van der Waals surface area contributed by atoms with Gasteiger partial charge in [-0.05, 0) is 75.1 Å². The van der Waals surface area contributed by atoms with Crippen LogP contribution in [0.25, 0.3) is 0 Å². The van der Waals surface area contributed by atoms with Crippen LogP contribution in [0.4, 0.5) is 5.69 Å². The van der Waals surface area contributed by atoms with Crippen molar-refractivity contribution in [2.45, 2.75) is 108 Å². The van der Waals surface area contributed by atoms with Crippen LogP contribution in [0.5, 0.6) is 17.2 Å². The summed E-state index contributed by atoms with van der Waals surface area (Å²) in [6, 6.07) is 6.12. The lowest BCUT2D eigenvalue weighted by molar-refractivity contribution is -0.352. The topological polar surface area (TPSA) is 237 Å². The summed E-state index contributed by atoms with van der Waals surface area (Å²) in [5.41, 5.74) is 2.35. The van der Waals surface area contributed by atoms with Gasteiger partial charge in [0.2, 0.25) is 6.29 Å². The van der Waals surface area contributed by atoms with E-state index < -0.39 is 80.2 Å². The van der Waals surface area contributed by atoms with Crippen LogP contribution < -0.4 is 14.8 Å². The van der Waals surface area contributed by atoms with Gasteiger partial charge in [0.25, 0.3) is 5.91 Å². The number of carbonyl (C=O) groups is 1. The number of amides is 1. The number of hydrogen-bond donors (Lipinski definition) is 9. The van der Waals surface area contributed by atoms with Crippen molar-refractivity contribution in [3.8, 4) is 17.2 Å². The zero-order chi connectivity index (χ0) is 34.4. The first-order valence-electron chi connectivity index (χ1n) is 15.4. The SMILES string of the molecule is Cc1c(C)c2c(c(C)c1O)CCC(C)(C(=O)Nc1ccc(O[C@H]3O[C@H](CO)[C@@H](O[C@@H]4O[C@H](CO)[C@H](O)[C@H](O)[C@H]4O)[C@H](O)[C@H]3O)cc1)O2. The van der Waals surface area contributed by atoms with Gasteiger partial charge in [0.15, 0.2) is 11.9 Å². The third kappa shape index (κ3) is 6.65. The Kier molecular flexibility index (Phi) is 10.3. The number of phenolic OH excluding ortho intramolecular Hbond substituents is 1. The number of fused-ring (bicyclic) bond motifs is 1. The third-order valence-corrected chi connectivity index (χ3v) is 9.32. The first kappa shape index (κ1) is 35.2. The number of carbonyl (C=O) groups excluding carboxylic acids is 1. The molecule has 0 aliphatic carbocycles. The molecule has 2 aromatic rings. The molecule has 5 rings (SSSR count). The summed E-state index contributed by atoms with van der Waals surface area (Å²) in [4.78, 5) is 13.4. The average Bonchev–Trinajstić information content (AvgIpc) is 3.06. The summed E-state index contributed by atoms with van der Waals surface area (Å²) in [5.74, 6) is 0.652. The first-order valence-corrected chi connectivity index (χ1v) is 15.4. The first-order chi connectivity index (χ1) is 22.2. The zero-order valence-electron chi connectivity index (χ0n) is 26.4. The van der Waals surface area contributed by atoms with Gasteiger partial charge in [-0.1, -0.05) is 0 Å². The van der Waals surface area contributed by atoms with E-state index in [4.69, 9.17) is 23.7 Å². The maximum atomic E-state index is 13.4. The molecule has 15 nitrogen and oxygen atoms in total. The lowest BCUT2D eigenvalue weighted by atomic mass is 9.86. The van der Waals surface area contributed by atoms with Crippen molar-refractivity contribution in [2.75, 3.05) is 18.5 Å². The van der Waals surface area contributed by atoms with Crippen molar-refractivity contribution in [2.24, 2.45) is 0 Å². The van der Waals surface area contributed by atoms with Crippen LogP contribution in [0.2, 0.25) is 0 Å². The number of nitrogens with one attached hydrogen (secondary N) is 1. The van der Waals surface area contributed by atoms with E-state index in [1.54, 1.807) is 26.0 Å². The molecule has 0 spiro atoms. The lowest BCUT2D eigenvalue weighted by Crippen LogP contribution is -2.65. The Morgan fingerprint density at radius 1 is 0.851 bits per heavy atom. The lowest BCUT2D eigenvalue weighted by Gasteiger charge is -2.45. The molecule has 1 unspecified atom stereocenters. The Morgan fingerprint density at radius 2 is 1.47 bits per heavy atom. The Balaban J connectivity index is 1.21. The molecule has 11 atom stereocenters. The van der Waals surface area contributed by atoms with Gasteiger partial charge in [-0.25, -0.2) is 0 Å². The van der Waals surface area contributed by atoms with Crippen molar-refractivity contribution < 1.29 is 69.3 Å². The minimum Gasteiger partial charge on any atom is -0.507 e. The number of anilines is 1. The molecule has 3 heterocycles. The number of aliphatic hydroxyl groups is 7. The second kappa shape index (κ2) is 13.8. The second-order valence-corrected chi connectivity index (χ2v) is 12.5. The van der Waals surface area contributed by atoms with E-state index >= 15 is 0 Å². The zero-order valence-corrected chi connectivity index (χ0v) is 26.4. The van der Waals surface area contributed by atoms with Gasteiger partial charge in [0, 0.05) is 17.7 Å². The van der Waals surface area contributed by atoms with Gasteiger partial charge in [0.1, 0.15) is 66.1 Å². The molecule has 2 fully saturated rings. The molecule has 0 saturated carbocycles. The summed E-state index contributed by atoms with van der Waals surface area (Å²) in [6.45, 7) is 5.77. The van der Waals surface area contributed by atoms with Crippen molar-refractivity contribution in [3.05, 3.63) is 46.5 Å². The van der Waals surface area contributed by atoms with E-state index in [0.717, 1.165) is 16.7 Å². The highest BCUT2D eigenvalue weighted by Gasteiger charge is 2.51. The van der Waals surface area contributed by atoms with Gasteiger partial charge in [-0.2, -0.15) is 0 Å². The quantitative estimate of drug-likeness (QED) is 0.165. The fourth-order valence-electron chi connectivity index (χ4n) is 6.07. The van der Waals surface area contributed by atoms with Crippen molar-refractivity contribution in [1.82, 2.24) is 0 Å². The van der Waals surface area contributed by atoms with Crippen LogP contribution in [0.3, 0.4) is 0 Å². The van der Waals surface area contributed by atoms with Crippen molar-refractivity contribution in [3.63, 3.8) is 0 Å². The molecule has 2 saturated heterocycles. The summed E-state index contributed by atoms with van der Waals surface area (Å²) in [7, 11) is 0. The molecule has 0 aromatic heterocycles. The molecule has 3 aliphatic heterocycles. The normalized spacial score (nSPS) is 35.5. The number of hydrogen-bond acceptors (Lipinski definition) is 14. The van der Waals surface area contributed by atoms with E-state index in [0.29, 0.717) is 29.8 Å². The summed E-state index contributed by atoms with van der Waals surface area (Å²) in [6.07, 6.45) is -14.8. The van der Waals surface area contributed by atoms with Gasteiger partial charge in [0.05, 0.1) is 13.2 Å². The van der Waals surface area contributed by atoms with Gasteiger partial charge in [-0.3, -0.25) is 4.79 Å². The third-order valence-electron chi connectivity index (χ3n) is 9.32. The maximum Gasteiger partial charge on any atom is 0.268 e. The molecular weight excluding hydrogens is 622 g/mol. The highest BCUT2D eigenvalue weighted by molar-refractivity contribution is 5.97. The van der Waals surface area contributed by atoms with Crippen LogP contribution in [0, 0.1) is 20.8 Å². The fraction of sp³-hybridized carbons (Fsp3) is 0.594. The number of aromatic hydroxyl groups is 1. The van der Waals surface area contributed by atoms with Gasteiger partial charge < -0.3 is 69.9 Å². The van der Waals surface area contributed by atoms with Crippen LogP contribution in [0.1, 0.15) is 35.6 Å². The minimum atomic E-state index is -1.78. The van der Waals surface area contributed by atoms with E-state index in [1.807, 2.05) is 13.8 Å². The molecule has 0 radical (unpaired) electrons. The summed E-state index contributed by atoms with van der Waals surface area (Å²) >= 11 is 0. The Labute approximate surface area is 270 Å². The Bertz CT molecular complexity index is 1430. The van der Waals surface area contributed by atoms with Gasteiger partial charge in [-0.15, -0.1) is 0 Å². The number of rotatable bonds is 8. The summed E-state index contributed by atoms with van der Waals surface area (Å²) in [5, 5.41) is 84.6. The molecule has 47 heavy (non-hydrogen) atoms. The van der Waals surface area contributed by atoms with E-state index in [1.165, 1.54) is 12.1 Å². The molecule has 1 amide bonds. The highest BCUT2D eigenvalue weighted by atomic mass is 16.7. The van der Waals surface area contributed by atoms with Gasteiger partial charge >= 0.3 is 0 Å². The molecule has 15 heteroatoms. The van der Waals surface area contributed by atoms with Crippen molar-refractivity contribution >= 4 is 11.6 Å². The standard InChI is InChI=1S/C32H43NO14/c1-13-14(2)27-18(15(3)21(13)36)9-10-32(4,47-27)31(42)33-16-5-7-17(8-6-16)43-29-26(41)24(39)28(20(12-35)45-29)46-30-25(40)23(38)22(37)19(11-34)44-30/h5-8,19-20,22-26,28-30,34-41H,9-12H2,1-4H3,(H,33,42)/t19-,20-,22+,23+,24-,25-,26-,28-,29+,30+,32?/m1/s1. The minimum absolute atomic E-state index is 0.194. The monoisotopic (exact) mass is 665 g/mol. The van der Waals surface area contributed by atoms with Crippen LogP contribution in [-0.2, 0) is 25.4 Å². The molecule has 9 N–H and O–H groups in total. The van der Waals surface area contributed by atoms with E-state index in [-0.39, 0.29) is 17.4 Å². The van der Waals surface area contributed by atoms with E-state index in [9.17, 15) is 45.6 Å². The predicted octanol–water partition coefficient (Wildman–Crippen LogP) is -0.957. The fourth-order valence-corrected chi connectivity index (χ4v) is 6.07. The number of ether oxygens (including phenoxy) is 5. The molecule has 260 valence electrons. The molecular formula is C32H43NO14. The Morgan fingerprint density at radius 3 is 2.11 bits per heavy atom. The summed E-state index contributed by atoms with van der Waals surface area (Å²) < 4.78 is 28.5. The number of benzene rings is 2. The smallest absolute Gasteiger partial charge is 0.268 e. The Hall–Kier alpha value is -3.09.